The summed E-state index contributed by atoms with van der Waals surface area (Å²) >= 11 is 0. The van der Waals surface area contributed by atoms with Crippen LogP contribution in [-0.2, 0) is 12.6 Å². The Balaban J connectivity index is 2.97. The second kappa shape index (κ2) is 2.82. The van der Waals surface area contributed by atoms with Gasteiger partial charge in [-0.3, -0.25) is 4.90 Å². The Bertz CT molecular complexity index is 263. The fourth-order valence-corrected chi connectivity index (χ4v) is 0.729. The predicted octanol–water partition coefficient (Wildman–Crippen LogP) is 0.00680. The third-order valence-electron chi connectivity index (χ3n) is 2.17. The lowest BCUT2D eigenvalue weighted by Gasteiger charge is -2.28. The van der Waals surface area contributed by atoms with Crippen LogP contribution in [0.5, 0.6) is 0 Å². The smallest absolute Gasteiger partial charge is 0.194 e. The molecule has 0 atom stereocenters. The summed E-state index contributed by atoms with van der Waals surface area (Å²) in [4.78, 5) is 3.53. The van der Waals surface area contributed by atoms with Gasteiger partial charge in [0.2, 0.25) is 0 Å². The molecule has 0 aliphatic heterocycles. The summed E-state index contributed by atoms with van der Waals surface area (Å²) in [5.74, 6) is 0.745. The highest BCUT2D eigenvalue weighted by atomic mass is 15.6. The Morgan fingerprint density at radius 1 is 1.33 bits per heavy atom. The highest BCUT2D eigenvalue weighted by Crippen LogP contribution is 2.19. The molecule has 0 radical (unpaired) electrons. The molecule has 0 amide bonds. The third-order valence-corrected chi connectivity index (χ3v) is 2.17. The Morgan fingerprint density at radius 3 is 2.25 bits per heavy atom. The molecule has 0 N–H and O–H groups in total. The van der Waals surface area contributed by atoms with Crippen molar-refractivity contribution in [3.8, 4) is 0 Å². The minimum atomic E-state index is -0.158. The van der Waals surface area contributed by atoms with Crippen LogP contribution in [0.3, 0.4) is 0 Å². The molecule has 5 nitrogen and oxygen atoms in total. The van der Waals surface area contributed by atoms with Crippen molar-refractivity contribution < 1.29 is 0 Å². The molecule has 0 aliphatic rings. The zero-order valence-electron chi connectivity index (χ0n) is 8.24. The minimum absolute atomic E-state index is 0.158. The van der Waals surface area contributed by atoms with Crippen LogP contribution in [0.4, 0.5) is 0 Å². The normalized spacial score (nSPS) is 12.5. The number of nitrogens with zero attached hydrogens (tertiary/aromatic N) is 5. The maximum atomic E-state index is 4.16. The second-order valence-corrected chi connectivity index (χ2v) is 3.56. The van der Waals surface area contributed by atoms with E-state index < -0.39 is 0 Å². The Hall–Kier alpha value is -0.970. The van der Waals surface area contributed by atoms with Gasteiger partial charge in [0, 0.05) is 0 Å². The van der Waals surface area contributed by atoms with Crippen molar-refractivity contribution in [1.82, 2.24) is 25.1 Å². The number of tetrazole rings is 1. The average Bonchev–Trinajstić information content (AvgIpc) is 2.35. The van der Waals surface area contributed by atoms with Crippen LogP contribution in [0.1, 0.15) is 19.7 Å². The van der Waals surface area contributed by atoms with Gasteiger partial charge in [0.1, 0.15) is 0 Å². The van der Waals surface area contributed by atoms with Crippen LogP contribution in [0.15, 0.2) is 0 Å². The van der Waals surface area contributed by atoms with Crippen LogP contribution in [-0.4, -0.2) is 39.2 Å². The monoisotopic (exact) mass is 169 g/mol. The quantitative estimate of drug-likeness (QED) is 0.625. The first-order valence-electron chi connectivity index (χ1n) is 3.86. The molecule has 0 saturated carbocycles. The first-order chi connectivity index (χ1) is 5.44. The lowest BCUT2D eigenvalue weighted by Crippen LogP contribution is -2.36. The van der Waals surface area contributed by atoms with Crippen molar-refractivity contribution in [2.45, 2.75) is 19.4 Å². The first-order valence-corrected chi connectivity index (χ1v) is 3.86. The zero-order valence-corrected chi connectivity index (χ0v) is 8.24. The third kappa shape index (κ3) is 1.45. The predicted molar refractivity (Wildman–Crippen MR) is 45.5 cm³/mol. The van der Waals surface area contributed by atoms with Crippen LogP contribution in [0.2, 0.25) is 0 Å². The molecular weight excluding hydrogens is 154 g/mol. The number of aryl methyl sites for hydroxylation is 1. The summed E-state index contributed by atoms with van der Waals surface area (Å²) in [6.45, 7) is 4.12. The molecule has 68 valence electrons. The van der Waals surface area contributed by atoms with E-state index in [2.05, 4.69) is 34.2 Å². The van der Waals surface area contributed by atoms with Gasteiger partial charge in [-0.25, -0.2) is 0 Å². The molecule has 0 aliphatic carbocycles. The average molecular weight is 169 g/mol. The highest BCUT2D eigenvalue weighted by molar-refractivity contribution is 4.97. The van der Waals surface area contributed by atoms with E-state index in [0.717, 1.165) is 5.82 Å². The molecule has 12 heavy (non-hydrogen) atoms. The van der Waals surface area contributed by atoms with Gasteiger partial charge in [-0.15, -0.1) is 10.2 Å². The zero-order chi connectivity index (χ0) is 9.35. The first kappa shape index (κ1) is 9.12. The summed E-state index contributed by atoms with van der Waals surface area (Å²) in [6.07, 6.45) is 0. The van der Waals surface area contributed by atoms with E-state index in [1.165, 1.54) is 4.80 Å². The van der Waals surface area contributed by atoms with Crippen LogP contribution >= 0.6 is 0 Å². The number of rotatable bonds is 2. The van der Waals surface area contributed by atoms with E-state index in [1.807, 2.05) is 14.1 Å². The molecule has 1 aromatic heterocycles. The molecule has 1 aromatic rings. The van der Waals surface area contributed by atoms with Crippen LogP contribution in [0, 0.1) is 0 Å². The SMILES string of the molecule is CN(C)C(C)(C)c1nnn(C)n1. The van der Waals surface area contributed by atoms with Crippen molar-refractivity contribution in [1.29, 1.82) is 0 Å². The fraction of sp³-hybridized carbons (Fsp3) is 0.857. The standard InChI is InChI=1S/C7H15N5/c1-7(2,11(3)4)6-8-10-12(5)9-6/h1-5H3. The molecule has 0 aromatic carbocycles. The van der Waals surface area contributed by atoms with Gasteiger partial charge in [0.15, 0.2) is 5.82 Å². The molecule has 0 spiro atoms. The number of hydrogen-bond acceptors (Lipinski definition) is 4. The van der Waals surface area contributed by atoms with Crippen molar-refractivity contribution >= 4 is 0 Å². The molecule has 0 bridgehead atoms. The van der Waals surface area contributed by atoms with Crippen LogP contribution in [0.25, 0.3) is 0 Å². The topological polar surface area (TPSA) is 46.8 Å². The van der Waals surface area contributed by atoms with Gasteiger partial charge in [-0.1, -0.05) is 0 Å². The molecule has 0 unspecified atom stereocenters. The van der Waals surface area contributed by atoms with E-state index >= 15 is 0 Å². The second-order valence-electron chi connectivity index (χ2n) is 3.56. The van der Waals surface area contributed by atoms with Gasteiger partial charge in [0.05, 0.1) is 12.6 Å². The van der Waals surface area contributed by atoms with E-state index in [1.54, 1.807) is 7.05 Å². The minimum Gasteiger partial charge on any atom is -0.297 e. The Labute approximate surface area is 72.4 Å². The largest absolute Gasteiger partial charge is 0.297 e. The van der Waals surface area contributed by atoms with E-state index in [4.69, 9.17) is 0 Å². The summed E-state index contributed by atoms with van der Waals surface area (Å²) in [5.41, 5.74) is -0.158. The maximum absolute atomic E-state index is 4.16. The molecule has 0 saturated heterocycles. The van der Waals surface area contributed by atoms with Gasteiger partial charge in [-0.05, 0) is 33.2 Å². The van der Waals surface area contributed by atoms with Gasteiger partial charge >= 0.3 is 0 Å². The Morgan fingerprint density at radius 2 is 1.92 bits per heavy atom. The van der Waals surface area contributed by atoms with E-state index in [0.29, 0.717) is 0 Å². The van der Waals surface area contributed by atoms with Gasteiger partial charge < -0.3 is 0 Å². The maximum Gasteiger partial charge on any atom is 0.194 e. The molecule has 5 heteroatoms. The summed E-state index contributed by atoms with van der Waals surface area (Å²) < 4.78 is 0. The van der Waals surface area contributed by atoms with Crippen molar-refractivity contribution in [3.63, 3.8) is 0 Å². The molecule has 1 rings (SSSR count). The van der Waals surface area contributed by atoms with Gasteiger partial charge in [-0.2, -0.15) is 4.80 Å². The molecular formula is C7H15N5. The number of aromatic nitrogens is 4. The van der Waals surface area contributed by atoms with E-state index in [-0.39, 0.29) is 5.54 Å². The Kier molecular flexibility index (Phi) is 2.14. The molecule has 1 heterocycles. The summed E-state index contributed by atoms with van der Waals surface area (Å²) in [7, 11) is 5.76. The van der Waals surface area contributed by atoms with Crippen molar-refractivity contribution in [3.05, 3.63) is 5.82 Å². The fourth-order valence-electron chi connectivity index (χ4n) is 0.729. The lowest BCUT2D eigenvalue weighted by atomic mass is 10.0. The van der Waals surface area contributed by atoms with Crippen molar-refractivity contribution in [2.24, 2.45) is 7.05 Å². The highest BCUT2D eigenvalue weighted by Gasteiger charge is 2.27. The van der Waals surface area contributed by atoms with E-state index in [9.17, 15) is 0 Å². The van der Waals surface area contributed by atoms with Crippen molar-refractivity contribution in [2.75, 3.05) is 14.1 Å². The van der Waals surface area contributed by atoms with Crippen LogP contribution < -0.4 is 0 Å². The number of hydrogen-bond donors (Lipinski definition) is 0. The summed E-state index contributed by atoms with van der Waals surface area (Å²) in [6, 6.07) is 0. The van der Waals surface area contributed by atoms with Gasteiger partial charge in [0.25, 0.3) is 0 Å². The molecule has 0 fully saturated rings. The lowest BCUT2D eigenvalue weighted by molar-refractivity contribution is 0.185. The summed E-state index contributed by atoms with van der Waals surface area (Å²) in [5, 5.41) is 11.9.